The molecule has 0 unspecified atom stereocenters. The van der Waals surface area contributed by atoms with Crippen LogP contribution in [-0.4, -0.2) is 22.2 Å². The summed E-state index contributed by atoms with van der Waals surface area (Å²) in [5.41, 5.74) is 4.97. The maximum atomic E-state index is 12.3. The fraction of sp³-hybridized carbons (Fsp3) is 0.200. The van der Waals surface area contributed by atoms with Crippen LogP contribution in [0.2, 0.25) is 5.02 Å². The molecule has 1 amide bonds. The number of aromatic nitrogens is 2. The Labute approximate surface area is 171 Å². The number of nitrogens with zero attached hydrogens (tertiary/aromatic N) is 2. The lowest BCUT2D eigenvalue weighted by atomic mass is 10.1. The first-order valence-corrected chi connectivity index (χ1v) is 9.75. The summed E-state index contributed by atoms with van der Waals surface area (Å²) >= 11 is 8.06. The number of amides is 1. The van der Waals surface area contributed by atoms with Crippen LogP contribution in [0.3, 0.4) is 0 Å². The van der Waals surface area contributed by atoms with Crippen LogP contribution in [-0.2, 0) is 6.42 Å². The Morgan fingerprint density at radius 1 is 1.15 bits per heavy atom. The molecule has 4 nitrogen and oxygen atoms in total. The quantitative estimate of drug-likeness (QED) is 0.538. The van der Waals surface area contributed by atoms with E-state index in [9.17, 15) is 4.79 Å². The summed E-state index contributed by atoms with van der Waals surface area (Å²) in [5.74, 6) is -0.0784. The highest BCUT2D eigenvalue weighted by Gasteiger charge is 2.10. The van der Waals surface area contributed by atoms with E-state index in [-0.39, 0.29) is 5.91 Å². The largest absolute Gasteiger partial charge is 0.352 e. The molecule has 0 atom stereocenters. The average Bonchev–Trinajstić information content (AvgIpc) is 2.93. The maximum absolute atomic E-state index is 12.3. The summed E-state index contributed by atoms with van der Waals surface area (Å²) in [6.07, 6.45) is 0.771. The van der Waals surface area contributed by atoms with Gasteiger partial charge in [0.15, 0.2) is 0 Å². The first-order chi connectivity index (χ1) is 12.4. The number of carbonyl (C=O) groups excluding carboxylic acids is 1. The molecule has 1 heterocycles. The minimum absolute atomic E-state index is 0.0784. The molecule has 0 saturated carbocycles. The molecule has 1 N–H and O–H groups in total. The fourth-order valence-electron chi connectivity index (χ4n) is 2.78. The van der Waals surface area contributed by atoms with Crippen LogP contribution in [0, 0.1) is 17.4 Å². The summed E-state index contributed by atoms with van der Waals surface area (Å²) in [5, 5.41) is 8.09. The molecule has 1 aromatic heterocycles. The number of hydrogen-bond donors (Lipinski definition) is 1. The topological polar surface area (TPSA) is 46.9 Å². The van der Waals surface area contributed by atoms with Crippen LogP contribution in [0.4, 0.5) is 0 Å². The monoisotopic (exact) mass is 479 g/mol. The summed E-state index contributed by atoms with van der Waals surface area (Å²) in [4.78, 5) is 12.3. The van der Waals surface area contributed by atoms with Crippen LogP contribution >= 0.6 is 34.2 Å². The van der Waals surface area contributed by atoms with E-state index in [1.165, 1.54) is 5.56 Å². The minimum Gasteiger partial charge on any atom is -0.352 e. The molecule has 0 fully saturated rings. The Morgan fingerprint density at radius 2 is 1.88 bits per heavy atom. The van der Waals surface area contributed by atoms with Crippen molar-refractivity contribution in [1.82, 2.24) is 15.1 Å². The second-order valence-electron chi connectivity index (χ2n) is 6.14. The number of benzene rings is 2. The molecule has 0 saturated heterocycles. The first-order valence-electron chi connectivity index (χ1n) is 8.30. The Bertz CT molecular complexity index is 935. The van der Waals surface area contributed by atoms with Crippen molar-refractivity contribution < 1.29 is 4.79 Å². The minimum atomic E-state index is -0.0784. The van der Waals surface area contributed by atoms with Gasteiger partial charge in [-0.15, -0.1) is 0 Å². The van der Waals surface area contributed by atoms with Crippen molar-refractivity contribution in [2.45, 2.75) is 20.3 Å². The highest BCUT2D eigenvalue weighted by atomic mass is 127. The molecule has 0 spiro atoms. The van der Waals surface area contributed by atoms with Crippen LogP contribution in [0.15, 0.2) is 48.5 Å². The second kappa shape index (κ2) is 8.22. The van der Waals surface area contributed by atoms with Crippen LogP contribution < -0.4 is 5.32 Å². The predicted octanol–water partition coefficient (Wildman–Crippen LogP) is 4.72. The zero-order valence-corrected chi connectivity index (χ0v) is 17.5. The van der Waals surface area contributed by atoms with Gasteiger partial charge < -0.3 is 5.32 Å². The highest BCUT2D eigenvalue weighted by Crippen LogP contribution is 2.18. The van der Waals surface area contributed by atoms with Crippen molar-refractivity contribution in [2.75, 3.05) is 6.54 Å². The highest BCUT2D eigenvalue weighted by molar-refractivity contribution is 14.1. The SMILES string of the molecule is Cc1cc(C)n(-c2ccc(CCNC(=O)c3ccc(Cl)cc3I)cc2)n1. The molecule has 0 bridgehead atoms. The lowest BCUT2D eigenvalue weighted by Crippen LogP contribution is -2.26. The van der Waals surface area contributed by atoms with Gasteiger partial charge in [-0.3, -0.25) is 4.79 Å². The number of carbonyl (C=O) groups is 1. The van der Waals surface area contributed by atoms with Crippen LogP contribution in [0.25, 0.3) is 5.69 Å². The van der Waals surface area contributed by atoms with Crippen molar-refractivity contribution in [3.8, 4) is 5.69 Å². The Morgan fingerprint density at radius 3 is 2.50 bits per heavy atom. The van der Waals surface area contributed by atoms with Gasteiger partial charge in [-0.2, -0.15) is 5.10 Å². The number of rotatable bonds is 5. The molecule has 134 valence electrons. The number of halogens is 2. The van der Waals surface area contributed by atoms with Gasteiger partial charge in [0, 0.05) is 20.8 Å². The van der Waals surface area contributed by atoms with Gasteiger partial charge in [0.05, 0.1) is 16.9 Å². The molecule has 2 aromatic carbocycles. The van der Waals surface area contributed by atoms with E-state index in [1.807, 2.05) is 18.5 Å². The first kappa shape index (κ1) is 18.9. The third kappa shape index (κ3) is 4.45. The van der Waals surface area contributed by atoms with Crippen LogP contribution in [0.1, 0.15) is 27.3 Å². The molecular formula is C20H19ClIN3O. The molecule has 26 heavy (non-hydrogen) atoms. The van der Waals surface area contributed by atoms with Crippen molar-refractivity contribution in [3.05, 3.63) is 79.6 Å². The summed E-state index contributed by atoms with van der Waals surface area (Å²) in [6.45, 7) is 4.61. The predicted molar refractivity (Wildman–Crippen MR) is 113 cm³/mol. The summed E-state index contributed by atoms with van der Waals surface area (Å²) in [7, 11) is 0. The molecule has 3 aromatic rings. The molecule has 0 radical (unpaired) electrons. The van der Waals surface area contributed by atoms with Crippen molar-refractivity contribution in [3.63, 3.8) is 0 Å². The van der Waals surface area contributed by atoms with E-state index in [2.05, 4.69) is 63.3 Å². The lowest BCUT2D eigenvalue weighted by Gasteiger charge is -2.09. The van der Waals surface area contributed by atoms with Gasteiger partial charge in [-0.05, 0) is 84.8 Å². The standard InChI is InChI=1S/C20H19ClIN3O/c1-13-11-14(2)25(24-13)17-6-3-15(4-7-17)9-10-23-20(26)18-8-5-16(21)12-19(18)22/h3-8,11-12H,9-10H2,1-2H3,(H,23,26). The lowest BCUT2D eigenvalue weighted by molar-refractivity contribution is 0.0953. The van der Waals surface area contributed by atoms with Crippen molar-refractivity contribution in [1.29, 1.82) is 0 Å². The maximum Gasteiger partial charge on any atom is 0.252 e. The molecular weight excluding hydrogens is 461 g/mol. The molecule has 0 aliphatic rings. The zero-order chi connectivity index (χ0) is 18.7. The second-order valence-corrected chi connectivity index (χ2v) is 7.73. The van der Waals surface area contributed by atoms with E-state index in [1.54, 1.807) is 18.2 Å². The van der Waals surface area contributed by atoms with Gasteiger partial charge in [-0.1, -0.05) is 23.7 Å². The Kier molecular flexibility index (Phi) is 5.98. The van der Waals surface area contributed by atoms with E-state index in [0.29, 0.717) is 17.1 Å². The van der Waals surface area contributed by atoms with E-state index >= 15 is 0 Å². The van der Waals surface area contributed by atoms with E-state index < -0.39 is 0 Å². The molecule has 0 aliphatic carbocycles. The van der Waals surface area contributed by atoms with Gasteiger partial charge in [0.25, 0.3) is 5.91 Å². The summed E-state index contributed by atoms with van der Waals surface area (Å²) in [6, 6.07) is 15.6. The average molecular weight is 480 g/mol. The van der Waals surface area contributed by atoms with Crippen LogP contribution in [0.5, 0.6) is 0 Å². The normalized spacial score (nSPS) is 10.8. The van der Waals surface area contributed by atoms with Gasteiger partial charge >= 0.3 is 0 Å². The Balaban J connectivity index is 1.58. The van der Waals surface area contributed by atoms with Crippen molar-refractivity contribution in [2.24, 2.45) is 0 Å². The van der Waals surface area contributed by atoms with Gasteiger partial charge in [0.2, 0.25) is 0 Å². The Hall–Kier alpha value is -1.86. The van der Waals surface area contributed by atoms with Gasteiger partial charge in [-0.25, -0.2) is 4.68 Å². The summed E-state index contributed by atoms with van der Waals surface area (Å²) < 4.78 is 2.78. The third-order valence-electron chi connectivity index (χ3n) is 4.07. The number of nitrogens with one attached hydrogen (secondary N) is 1. The van der Waals surface area contributed by atoms with Crippen molar-refractivity contribution >= 4 is 40.1 Å². The smallest absolute Gasteiger partial charge is 0.252 e. The van der Waals surface area contributed by atoms with Gasteiger partial charge in [0.1, 0.15) is 0 Å². The molecule has 0 aliphatic heterocycles. The molecule has 3 rings (SSSR count). The van der Waals surface area contributed by atoms with E-state index in [4.69, 9.17) is 11.6 Å². The zero-order valence-electron chi connectivity index (χ0n) is 14.6. The number of hydrogen-bond acceptors (Lipinski definition) is 2. The molecule has 6 heteroatoms. The third-order valence-corrected chi connectivity index (χ3v) is 5.19. The number of aryl methyl sites for hydroxylation is 2. The fourth-order valence-corrected chi connectivity index (χ4v) is 3.90. The van der Waals surface area contributed by atoms with E-state index in [0.717, 1.165) is 27.1 Å².